The molecule has 1 aromatic carbocycles. The Kier molecular flexibility index (Phi) is 5.63. The van der Waals surface area contributed by atoms with E-state index >= 15 is 0 Å². The average Bonchev–Trinajstić information content (AvgIpc) is 2.96. The van der Waals surface area contributed by atoms with E-state index in [1.165, 1.54) is 28.2 Å². The molecule has 0 radical (unpaired) electrons. The quantitative estimate of drug-likeness (QED) is 0.827. The van der Waals surface area contributed by atoms with Crippen molar-refractivity contribution in [3.63, 3.8) is 0 Å². The summed E-state index contributed by atoms with van der Waals surface area (Å²) in [6.45, 7) is 10.3. The molecule has 1 aromatic heterocycles. The molecule has 0 N–H and O–H groups in total. The molecule has 6 heteroatoms. The van der Waals surface area contributed by atoms with Crippen LogP contribution in [-0.4, -0.2) is 61.0 Å². The summed E-state index contributed by atoms with van der Waals surface area (Å²) in [5.41, 5.74) is 4.79. The van der Waals surface area contributed by atoms with Crippen molar-refractivity contribution < 1.29 is 4.79 Å². The molecule has 1 aliphatic rings. The Hall–Kier alpha value is -1.92. The minimum Gasteiger partial charge on any atom is -0.368 e. The number of aromatic nitrogens is 1. The fraction of sp³-hybridized carbons (Fsp3) is 0.500. The van der Waals surface area contributed by atoms with Gasteiger partial charge in [0.25, 0.3) is 5.91 Å². The van der Waals surface area contributed by atoms with Crippen LogP contribution >= 0.6 is 11.3 Å². The molecule has 5 nitrogen and oxygen atoms in total. The maximum absolute atomic E-state index is 12.9. The lowest BCUT2D eigenvalue weighted by atomic mass is 10.1. The number of rotatable bonds is 4. The molecule has 0 aliphatic carbocycles. The lowest BCUT2D eigenvalue weighted by Crippen LogP contribution is -2.49. The van der Waals surface area contributed by atoms with Gasteiger partial charge in [0.2, 0.25) is 0 Å². The van der Waals surface area contributed by atoms with Crippen LogP contribution in [-0.2, 0) is 6.54 Å². The van der Waals surface area contributed by atoms with Crippen LogP contribution in [0.3, 0.4) is 0 Å². The van der Waals surface area contributed by atoms with E-state index in [0.29, 0.717) is 0 Å². The lowest BCUT2D eigenvalue weighted by molar-refractivity contribution is 0.0750. The second-order valence-corrected chi connectivity index (χ2v) is 8.34. The summed E-state index contributed by atoms with van der Waals surface area (Å²) in [7, 11) is 4.04. The predicted octanol–water partition coefficient (Wildman–Crippen LogP) is 3.09. The fourth-order valence-electron chi connectivity index (χ4n) is 3.36. The number of nitrogens with zero attached hydrogens (tertiary/aromatic N) is 4. The van der Waals surface area contributed by atoms with Gasteiger partial charge in [0.1, 0.15) is 9.88 Å². The molecule has 1 aliphatic heterocycles. The van der Waals surface area contributed by atoms with E-state index in [4.69, 9.17) is 0 Å². The first-order valence-electron chi connectivity index (χ1n) is 9.08. The number of piperazine rings is 1. The smallest absolute Gasteiger partial charge is 0.265 e. The molecule has 2 aromatic rings. The molecule has 2 heterocycles. The van der Waals surface area contributed by atoms with Gasteiger partial charge in [-0.05, 0) is 52.1 Å². The number of aryl methyl sites for hydroxylation is 2. The van der Waals surface area contributed by atoms with Crippen LogP contribution in [0.4, 0.5) is 5.69 Å². The molecule has 0 spiro atoms. The third-order valence-corrected chi connectivity index (χ3v) is 6.10. The Balaban J connectivity index is 1.67. The highest BCUT2D eigenvalue weighted by Crippen LogP contribution is 2.25. The molecule has 0 bridgehead atoms. The molecule has 0 atom stereocenters. The van der Waals surface area contributed by atoms with Gasteiger partial charge in [-0.25, -0.2) is 4.98 Å². The van der Waals surface area contributed by atoms with Crippen molar-refractivity contribution in [1.82, 2.24) is 14.8 Å². The summed E-state index contributed by atoms with van der Waals surface area (Å²) in [5, 5.41) is 1.00. The third-order valence-electron chi connectivity index (χ3n) is 4.97. The van der Waals surface area contributed by atoms with E-state index in [1.54, 1.807) is 0 Å². The van der Waals surface area contributed by atoms with Crippen LogP contribution in [0.1, 0.15) is 31.5 Å². The summed E-state index contributed by atoms with van der Waals surface area (Å²) >= 11 is 1.53. The number of hydrogen-bond donors (Lipinski definition) is 0. The molecule has 1 saturated heterocycles. The molecule has 0 unspecified atom stereocenters. The summed E-state index contributed by atoms with van der Waals surface area (Å²) in [5.74, 6) is 0.130. The first kappa shape index (κ1) is 18.9. The van der Waals surface area contributed by atoms with Gasteiger partial charge in [0.15, 0.2) is 0 Å². The molecule has 1 fully saturated rings. The maximum Gasteiger partial charge on any atom is 0.265 e. The van der Waals surface area contributed by atoms with Crippen molar-refractivity contribution in [2.75, 3.05) is 45.2 Å². The summed E-state index contributed by atoms with van der Waals surface area (Å²) in [6, 6.07) is 6.44. The number of carbonyl (C=O) groups is 1. The Morgan fingerprint density at radius 1 is 1.15 bits per heavy atom. The normalized spacial score (nSPS) is 15.0. The van der Waals surface area contributed by atoms with Crippen LogP contribution in [0.2, 0.25) is 0 Å². The van der Waals surface area contributed by atoms with Gasteiger partial charge < -0.3 is 14.7 Å². The largest absolute Gasteiger partial charge is 0.368 e. The van der Waals surface area contributed by atoms with E-state index in [0.717, 1.165) is 48.3 Å². The number of carbonyl (C=O) groups excluding carboxylic acids is 1. The Morgan fingerprint density at radius 3 is 2.50 bits per heavy atom. The number of benzene rings is 1. The van der Waals surface area contributed by atoms with Crippen LogP contribution in [0.5, 0.6) is 0 Å². The standard InChI is InChI=1S/C20H28N4OS/c1-14-7-6-8-17(15(14)2)23-9-11-24(12-10-23)20(25)19-16(3)21-18(26-19)13-22(4)5/h6-8H,9-13H2,1-5H3. The fourth-order valence-corrected chi connectivity index (χ4v) is 4.51. The molecule has 140 valence electrons. The highest BCUT2D eigenvalue weighted by molar-refractivity contribution is 7.13. The number of hydrogen-bond acceptors (Lipinski definition) is 5. The van der Waals surface area contributed by atoms with Crippen molar-refractivity contribution in [3.05, 3.63) is 44.9 Å². The van der Waals surface area contributed by atoms with E-state index in [2.05, 4.69) is 46.8 Å². The minimum atomic E-state index is 0.130. The zero-order chi connectivity index (χ0) is 18.8. The van der Waals surface area contributed by atoms with E-state index in [-0.39, 0.29) is 5.91 Å². The Bertz CT molecular complexity index is 791. The Labute approximate surface area is 160 Å². The molecule has 3 rings (SSSR count). The summed E-state index contributed by atoms with van der Waals surface area (Å²) < 4.78 is 0. The monoisotopic (exact) mass is 372 g/mol. The van der Waals surface area contributed by atoms with Gasteiger partial charge >= 0.3 is 0 Å². The molecule has 0 saturated carbocycles. The average molecular weight is 373 g/mol. The minimum absolute atomic E-state index is 0.130. The second kappa shape index (κ2) is 7.76. The van der Waals surface area contributed by atoms with Crippen LogP contribution in [0.25, 0.3) is 0 Å². The van der Waals surface area contributed by atoms with Gasteiger partial charge in [0, 0.05) is 38.4 Å². The molecule has 26 heavy (non-hydrogen) atoms. The highest BCUT2D eigenvalue weighted by atomic mass is 32.1. The third kappa shape index (κ3) is 3.91. The van der Waals surface area contributed by atoms with Gasteiger partial charge in [-0.1, -0.05) is 12.1 Å². The van der Waals surface area contributed by atoms with Crippen LogP contribution in [0.15, 0.2) is 18.2 Å². The SMILES string of the molecule is Cc1cccc(N2CCN(C(=O)c3sc(CN(C)C)nc3C)CC2)c1C. The summed E-state index contributed by atoms with van der Waals surface area (Å²) in [4.78, 5) is 24.8. The van der Waals surface area contributed by atoms with Gasteiger partial charge in [-0.15, -0.1) is 11.3 Å². The van der Waals surface area contributed by atoms with Gasteiger partial charge in [-0.2, -0.15) is 0 Å². The molecule has 1 amide bonds. The van der Waals surface area contributed by atoms with Crippen molar-refractivity contribution in [3.8, 4) is 0 Å². The highest BCUT2D eigenvalue weighted by Gasteiger charge is 2.26. The number of thiazole rings is 1. The van der Waals surface area contributed by atoms with Gasteiger partial charge in [0.05, 0.1) is 5.69 Å². The summed E-state index contributed by atoms with van der Waals surface area (Å²) in [6.07, 6.45) is 0. The Morgan fingerprint density at radius 2 is 1.85 bits per heavy atom. The zero-order valence-corrected chi connectivity index (χ0v) is 17.2. The lowest BCUT2D eigenvalue weighted by Gasteiger charge is -2.37. The van der Waals surface area contributed by atoms with Crippen LogP contribution < -0.4 is 4.90 Å². The van der Waals surface area contributed by atoms with E-state index in [9.17, 15) is 4.79 Å². The first-order valence-corrected chi connectivity index (χ1v) is 9.90. The van der Waals surface area contributed by atoms with Crippen LogP contribution in [0, 0.1) is 20.8 Å². The second-order valence-electron chi connectivity index (χ2n) is 7.26. The van der Waals surface area contributed by atoms with Crippen molar-refractivity contribution in [2.45, 2.75) is 27.3 Å². The molecular weight excluding hydrogens is 344 g/mol. The van der Waals surface area contributed by atoms with Crippen molar-refractivity contribution in [2.24, 2.45) is 0 Å². The first-order chi connectivity index (χ1) is 12.4. The predicted molar refractivity (Wildman–Crippen MR) is 108 cm³/mol. The van der Waals surface area contributed by atoms with Crippen molar-refractivity contribution in [1.29, 1.82) is 0 Å². The topological polar surface area (TPSA) is 39.7 Å². The van der Waals surface area contributed by atoms with Gasteiger partial charge in [-0.3, -0.25) is 4.79 Å². The van der Waals surface area contributed by atoms with E-state index < -0.39 is 0 Å². The number of amides is 1. The van der Waals surface area contributed by atoms with Crippen molar-refractivity contribution >= 4 is 22.9 Å². The maximum atomic E-state index is 12.9. The molecular formula is C20H28N4OS. The van der Waals surface area contributed by atoms with E-state index in [1.807, 2.05) is 25.9 Å². The zero-order valence-electron chi connectivity index (χ0n) is 16.4. The number of anilines is 1.